The number of Topliss-reactive ketones (excluding diaryl/α,β-unsaturated/α-hetero) is 1. The topological polar surface area (TPSA) is 38.7 Å². The van der Waals surface area contributed by atoms with Crippen molar-refractivity contribution in [1.82, 2.24) is 0 Å². The molecular formula is C7H11NO2. The summed E-state index contributed by atoms with van der Waals surface area (Å²) in [6, 6.07) is 0. The molecule has 3 nitrogen and oxygen atoms in total. The lowest BCUT2D eigenvalue weighted by Gasteiger charge is -1.91. The van der Waals surface area contributed by atoms with E-state index in [9.17, 15) is 4.79 Å². The molecule has 0 atom stereocenters. The van der Waals surface area contributed by atoms with E-state index in [1.54, 1.807) is 6.92 Å². The first-order valence-electron chi connectivity index (χ1n) is 2.88. The summed E-state index contributed by atoms with van der Waals surface area (Å²) in [6.45, 7) is 5.26. The third kappa shape index (κ3) is 3.83. The van der Waals surface area contributed by atoms with Crippen LogP contribution < -0.4 is 0 Å². The number of methoxy groups -OCH3 is 1. The van der Waals surface area contributed by atoms with Crippen LogP contribution in [0.5, 0.6) is 0 Å². The highest BCUT2D eigenvalue weighted by molar-refractivity contribution is 5.96. The molecule has 0 aromatic heterocycles. The minimum Gasteiger partial charge on any atom is -0.487 e. The third-order valence-electron chi connectivity index (χ3n) is 0.891. The minimum absolute atomic E-state index is 0.0618. The Hall–Kier alpha value is -1.12. The van der Waals surface area contributed by atoms with Gasteiger partial charge in [0.15, 0.2) is 12.2 Å². The Morgan fingerprint density at radius 3 is 2.80 bits per heavy atom. The van der Waals surface area contributed by atoms with Gasteiger partial charge >= 0.3 is 0 Å². The Bertz CT molecular complexity index is 161. The van der Waals surface area contributed by atoms with Crippen molar-refractivity contribution in [2.24, 2.45) is 4.99 Å². The number of hydrogen-bond acceptors (Lipinski definition) is 3. The zero-order chi connectivity index (χ0) is 7.98. The molecule has 0 rings (SSSR count). The molecule has 0 bridgehead atoms. The number of ether oxygens (including phenoxy) is 1. The number of aliphatic imine (C=N–C) groups is 1. The standard InChI is InChI=1S/C7H11NO2/c1-6(2)7(9)4-8-5-10-3/h5H,1,4H2,2-3H3/b8-5-. The van der Waals surface area contributed by atoms with Crippen molar-refractivity contribution in [1.29, 1.82) is 0 Å². The molecule has 0 unspecified atom stereocenters. The summed E-state index contributed by atoms with van der Waals surface area (Å²) in [5.74, 6) is -0.0618. The average Bonchev–Trinajstić information content (AvgIpc) is 1.88. The van der Waals surface area contributed by atoms with E-state index in [1.165, 1.54) is 13.5 Å². The summed E-state index contributed by atoms with van der Waals surface area (Å²) >= 11 is 0. The fourth-order valence-corrected chi connectivity index (χ4v) is 0.330. The van der Waals surface area contributed by atoms with Crippen LogP contribution in [0.3, 0.4) is 0 Å². The van der Waals surface area contributed by atoms with Gasteiger partial charge in [-0.25, -0.2) is 0 Å². The zero-order valence-corrected chi connectivity index (χ0v) is 6.26. The molecule has 0 aliphatic rings. The molecule has 0 fully saturated rings. The van der Waals surface area contributed by atoms with E-state index in [1.807, 2.05) is 0 Å². The molecule has 0 N–H and O–H groups in total. The largest absolute Gasteiger partial charge is 0.487 e. The molecule has 0 amide bonds. The molecule has 0 aliphatic heterocycles. The van der Waals surface area contributed by atoms with Crippen LogP contribution >= 0.6 is 0 Å². The first-order valence-corrected chi connectivity index (χ1v) is 2.88. The number of carbonyl (C=O) groups excluding carboxylic acids is 1. The van der Waals surface area contributed by atoms with Crippen molar-refractivity contribution in [3.8, 4) is 0 Å². The second-order valence-electron chi connectivity index (χ2n) is 1.89. The molecule has 0 saturated carbocycles. The van der Waals surface area contributed by atoms with Crippen LogP contribution in [-0.2, 0) is 9.53 Å². The fourth-order valence-electron chi connectivity index (χ4n) is 0.330. The fraction of sp³-hybridized carbons (Fsp3) is 0.429. The Morgan fingerprint density at radius 1 is 1.80 bits per heavy atom. The molecule has 0 radical (unpaired) electrons. The molecular weight excluding hydrogens is 130 g/mol. The van der Waals surface area contributed by atoms with Crippen molar-refractivity contribution in [3.63, 3.8) is 0 Å². The quantitative estimate of drug-likeness (QED) is 0.330. The van der Waals surface area contributed by atoms with Crippen molar-refractivity contribution in [2.75, 3.05) is 13.7 Å². The van der Waals surface area contributed by atoms with Gasteiger partial charge in [-0.05, 0) is 12.5 Å². The summed E-state index contributed by atoms with van der Waals surface area (Å²) in [5, 5.41) is 0. The van der Waals surface area contributed by atoms with Gasteiger partial charge in [-0.2, -0.15) is 0 Å². The SMILES string of the molecule is C=C(C)C(=O)C/N=C\OC. The van der Waals surface area contributed by atoms with Gasteiger partial charge in [-0.3, -0.25) is 9.79 Å². The molecule has 0 spiro atoms. The van der Waals surface area contributed by atoms with E-state index in [4.69, 9.17) is 0 Å². The van der Waals surface area contributed by atoms with Gasteiger partial charge in [-0.15, -0.1) is 0 Å². The van der Waals surface area contributed by atoms with E-state index < -0.39 is 0 Å². The molecule has 10 heavy (non-hydrogen) atoms. The zero-order valence-electron chi connectivity index (χ0n) is 6.26. The van der Waals surface area contributed by atoms with E-state index >= 15 is 0 Å². The molecule has 0 aliphatic carbocycles. The summed E-state index contributed by atoms with van der Waals surface area (Å²) in [6.07, 6.45) is 1.24. The van der Waals surface area contributed by atoms with Gasteiger partial charge in [0.25, 0.3) is 0 Å². The smallest absolute Gasteiger partial charge is 0.179 e. The summed E-state index contributed by atoms with van der Waals surface area (Å²) < 4.78 is 4.50. The summed E-state index contributed by atoms with van der Waals surface area (Å²) in [5.41, 5.74) is 0.522. The maximum atomic E-state index is 10.7. The maximum Gasteiger partial charge on any atom is 0.179 e. The molecule has 56 valence electrons. The van der Waals surface area contributed by atoms with Gasteiger partial charge in [0.1, 0.15) is 6.54 Å². The van der Waals surface area contributed by atoms with Gasteiger partial charge in [0, 0.05) is 0 Å². The summed E-state index contributed by atoms with van der Waals surface area (Å²) in [7, 11) is 1.48. The van der Waals surface area contributed by atoms with E-state index in [-0.39, 0.29) is 12.3 Å². The van der Waals surface area contributed by atoms with Crippen LogP contribution in [0.25, 0.3) is 0 Å². The van der Waals surface area contributed by atoms with Crippen LogP contribution in [0.15, 0.2) is 17.1 Å². The Morgan fingerprint density at radius 2 is 2.40 bits per heavy atom. The predicted octanol–water partition coefficient (Wildman–Crippen LogP) is 0.806. The molecule has 3 heteroatoms. The highest BCUT2D eigenvalue weighted by atomic mass is 16.5. The lowest BCUT2D eigenvalue weighted by molar-refractivity contribution is -0.114. The van der Waals surface area contributed by atoms with Crippen LogP contribution in [0.1, 0.15) is 6.92 Å². The Kier molecular flexibility index (Phi) is 4.20. The number of ketones is 1. The van der Waals surface area contributed by atoms with Crippen molar-refractivity contribution in [3.05, 3.63) is 12.2 Å². The van der Waals surface area contributed by atoms with Crippen LogP contribution in [0.2, 0.25) is 0 Å². The first-order chi connectivity index (χ1) is 4.68. The normalized spacial score (nSPS) is 9.80. The molecule has 0 aromatic carbocycles. The second kappa shape index (κ2) is 4.73. The van der Waals surface area contributed by atoms with E-state index in [0.29, 0.717) is 5.57 Å². The number of rotatable bonds is 4. The minimum atomic E-state index is -0.0618. The maximum absolute atomic E-state index is 10.7. The van der Waals surface area contributed by atoms with E-state index in [2.05, 4.69) is 16.3 Å². The third-order valence-corrected chi connectivity index (χ3v) is 0.891. The van der Waals surface area contributed by atoms with Crippen molar-refractivity contribution >= 4 is 12.2 Å². The molecule has 0 heterocycles. The van der Waals surface area contributed by atoms with Crippen LogP contribution in [0, 0.1) is 0 Å². The lowest BCUT2D eigenvalue weighted by atomic mass is 10.2. The van der Waals surface area contributed by atoms with Crippen molar-refractivity contribution in [2.45, 2.75) is 6.92 Å². The Labute approximate surface area is 60.4 Å². The number of nitrogens with zero attached hydrogens (tertiary/aromatic N) is 1. The Balaban J connectivity index is 3.60. The highest BCUT2D eigenvalue weighted by Crippen LogP contribution is 1.88. The van der Waals surface area contributed by atoms with Gasteiger partial charge in [0.05, 0.1) is 7.11 Å². The second-order valence-corrected chi connectivity index (χ2v) is 1.89. The first kappa shape index (κ1) is 8.88. The highest BCUT2D eigenvalue weighted by Gasteiger charge is 1.97. The van der Waals surface area contributed by atoms with Gasteiger partial charge in [-0.1, -0.05) is 6.58 Å². The predicted molar refractivity (Wildman–Crippen MR) is 40.2 cm³/mol. The number of hydrogen-bond donors (Lipinski definition) is 0. The van der Waals surface area contributed by atoms with Crippen molar-refractivity contribution < 1.29 is 9.53 Å². The molecule has 0 aromatic rings. The van der Waals surface area contributed by atoms with E-state index in [0.717, 1.165) is 0 Å². The molecule has 0 saturated heterocycles. The van der Waals surface area contributed by atoms with Gasteiger partial charge in [0.2, 0.25) is 0 Å². The monoisotopic (exact) mass is 141 g/mol. The lowest BCUT2D eigenvalue weighted by Crippen LogP contribution is -2.02. The average molecular weight is 141 g/mol. The number of carbonyl (C=O) groups is 1. The van der Waals surface area contributed by atoms with Crippen LogP contribution in [0.4, 0.5) is 0 Å². The van der Waals surface area contributed by atoms with Gasteiger partial charge < -0.3 is 4.74 Å². The van der Waals surface area contributed by atoms with Crippen LogP contribution in [-0.4, -0.2) is 25.8 Å². The summed E-state index contributed by atoms with van der Waals surface area (Å²) in [4.78, 5) is 14.4.